The van der Waals surface area contributed by atoms with Crippen molar-refractivity contribution in [3.63, 3.8) is 0 Å². The first-order chi connectivity index (χ1) is 16.6. The van der Waals surface area contributed by atoms with Crippen molar-refractivity contribution in [3.05, 3.63) is 88.1 Å². The quantitative estimate of drug-likeness (QED) is 0.333. The van der Waals surface area contributed by atoms with Crippen LogP contribution in [0.3, 0.4) is 0 Å². The number of para-hydroxylation sites is 2. The Bertz CT molecular complexity index is 1470. The molecule has 3 aromatic heterocycles. The summed E-state index contributed by atoms with van der Waals surface area (Å²) >= 11 is 1.56. The highest BCUT2D eigenvalue weighted by Crippen LogP contribution is 2.28. The van der Waals surface area contributed by atoms with Crippen LogP contribution in [0.25, 0.3) is 22.2 Å². The second-order valence-corrected chi connectivity index (χ2v) is 9.09. The highest BCUT2D eigenvalue weighted by atomic mass is 32.1. The van der Waals surface area contributed by atoms with Crippen LogP contribution >= 0.6 is 11.3 Å². The van der Waals surface area contributed by atoms with E-state index in [9.17, 15) is 4.79 Å². The van der Waals surface area contributed by atoms with Crippen LogP contribution in [0.4, 0.5) is 5.82 Å². The van der Waals surface area contributed by atoms with E-state index in [1.807, 2.05) is 66.9 Å². The van der Waals surface area contributed by atoms with Crippen LogP contribution in [0.1, 0.15) is 34.1 Å². The molecule has 170 valence electrons. The van der Waals surface area contributed by atoms with E-state index in [0.29, 0.717) is 27.8 Å². The number of thiophene rings is 1. The summed E-state index contributed by atoms with van der Waals surface area (Å²) in [4.78, 5) is 23.8. The van der Waals surface area contributed by atoms with Gasteiger partial charge < -0.3 is 11.1 Å². The lowest BCUT2D eigenvalue weighted by Gasteiger charge is -2.14. The highest BCUT2D eigenvalue weighted by molar-refractivity contribution is 7.11. The number of nitrogens with one attached hydrogen (secondary N) is 1. The van der Waals surface area contributed by atoms with Crippen molar-refractivity contribution in [3.8, 4) is 0 Å². The summed E-state index contributed by atoms with van der Waals surface area (Å²) in [5.74, 6) is -0.0661. The molecule has 1 atom stereocenters. The van der Waals surface area contributed by atoms with Crippen LogP contribution in [0.2, 0.25) is 0 Å². The van der Waals surface area contributed by atoms with Crippen molar-refractivity contribution >= 4 is 51.5 Å². The molecule has 0 aliphatic carbocycles. The molecular weight excluding hydrogens is 444 g/mol. The molecule has 5 rings (SSSR count). The lowest BCUT2D eigenvalue weighted by atomic mass is 10.1. The number of hydrogen-bond donors (Lipinski definition) is 2. The summed E-state index contributed by atoms with van der Waals surface area (Å²) in [7, 11) is 0. The molecule has 5 aromatic rings. The van der Waals surface area contributed by atoms with Crippen molar-refractivity contribution in [2.75, 3.05) is 5.73 Å². The van der Waals surface area contributed by atoms with Crippen LogP contribution in [-0.2, 0) is 6.42 Å². The van der Waals surface area contributed by atoms with Crippen molar-refractivity contribution in [1.29, 1.82) is 0 Å². The number of amides is 1. The molecule has 0 aliphatic heterocycles. The summed E-state index contributed by atoms with van der Waals surface area (Å²) in [6.07, 6.45) is 3.38. The number of carbonyl (C=O) groups excluding carboxylic acids is 1. The van der Waals surface area contributed by atoms with Crippen molar-refractivity contribution in [1.82, 2.24) is 20.0 Å². The monoisotopic (exact) mass is 468 g/mol. The molecule has 0 fully saturated rings. The average molecular weight is 469 g/mol. The Balaban J connectivity index is 1.49. The summed E-state index contributed by atoms with van der Waals surface area (Å²) in [5.41, 5.74) is 10.3. The summed E-state index contributed by atoms with van der Waals surface area (Å²) in [5, 5.41) is 9.59. The van der Waals surface area contributed by atoms with E-state index >= 15 is 0 Å². The zero-order valence-corrected chi connectivity index (χ0v) is 19.5. The van der Waals surface area contributed by atoms with Gasteiger partial charge in [-0.25, -0.2) is 9.97 Å². The van der Waals surface area contributed by atoms with Gasteiger partial charge in [0.25, 0.3) is 5.91 Å². The van der Waals surface area contributed by atoms with Gasteiger partial charge in [-0.15, -0.1) is 11.3 Å². The fraction of sp³-hybridized carbons (Fsp3) is 0.154. The minimum Gasteiger partial charge on any atom is -0.383 e. The van der Waals surface area contributed by atoms with Gasteiger partial charge in [0.05, 0.1) is 17.2 Å². The number of nitrogen functional groups attached to an aromatic ring is 1. The van der Waals surface area contributed by atoms with E-state index in [1.165, 1.54) is 10.2 Å². The lowest BCUT2D eigenvalue weighted by Crippen LogP contribution is -2.33. The zero-order valence-electron chi connectivity index (χ0n) is 18.7. The maximum atomic E-state index is 13.4. The zero-order chi connectivity index (χ0) is 23.5. The first-order valence-corrected chi connectivity index (χ1v) is 12.0. The van der Waals surface area contributed by atoms with Crippen LogP contribution < -0.4 is 11.1 Å². The molecule has 2 aromatic carbocycles. The Morgan fingerprint density at radius 1 is 1.09 bits per heavy atom. The minimum absolute atomic E-state index is 0.0476. The Kier molecular flexibility index (Phi) is 6.05. The van der Waals surface area contributed by atoms with Crippen molar-refractivity contribution < 1.29 is 4.79 Å². The molecule has 0 saturated heterocycles. The number of aromatic nitrogens is 3. The van der Waals surface area contributed by atoms with E-state index in [4.69, 9.17) is 15.7 Å². The maximum Gasteiger partial charge on any atom is 0.257 e. The largest absolute Gasteiger partial charge is 0.383 e. The molecule has 0 radical (unpaired) electrons. The normalized spacial score (nSPS) is 12.5. The number of anilines is 1. The third kappa shape index (κ3) is 4.40. The molecule has 8 heteroatoms. The molecule has 7 nitrogen and oxygen atoms in total. The van der Waals surface area contributed by atoms with Gasteiger partial charge in [-0.05, 0) is 48.9 Å². The number of rotatable bonds is 7. The van der Waals surface area contributed by atoms with Crippen molar-refractivity contribution in [2.24, 2.45) is 5.10 Å². The van der Waals surface area contributed by atoms with Crippen molar-refractivity contribution in [2.45, 2.75) is 25.8 Å². The second-order valence-electron chi connectivity index (χ2n) is 8.12. The van der Waals surface area contributed by atoms with Gasteiger partial charge in [0.15, 0.2) is 5.65 Å². The van der Waals surface area contributed by atoms with E-state index < -0.39 is 0 Å². The average Bonchev–Trinajstić information content (AvgIpc) is 3.46. The number of nitrogens with two attached hydrogens (primary N) is 1. The van der Waals surface area contributed by atoms with Gasteiger partial charge in [-0.3, -0.25) is 4.79 Å². The fourth-order valence-corrected chi connectivity index (χ4v) is 4.44. The minimum atomic E-state index is -0.280. The van der Waals surface area contributed by atoms with Gasteiger partial charge in [0, 0.05) is 10.9 Å². The predicted molar refractivity (Wildman–Crippen MR) is 138 cm³/mol. The number of carbonyl (C=O) groups is 1. The number of benzene rings is 2. The molecule has 0 aliphatic rings. The molecule has 0 spiro atoms. The Morgan fingerprint density at radius 2 is 1.82 bits per heavy atom. The number of hydrogen-bond acceptors (Lipinski definition) is 6. The molecule has 1 amide bonds. The van der Waals surface area contributed by atoms with Crippen LogP contribution in [-0.4, -0.2) is 32.8 Å². The van der Waals surface area contributed by atoms with Gasteiger partial charge in [0.1, 0.15) is 16.9 Å². The number of fused-ring (bicyclic) bond motifs is 2. The molecule has 34 heavy (non-hydrogen) atoms. The third-order valence-electron chi connectivity index (χ3n) is 5.63. The second kappa shape index (κ2) is 9.44. The lowest BCUT2D eigenvalue weighted by molar-refractivity contribution is 0.0940. The van der Waals surface area contributed by atoms with Gasteiger partial charge >= 0.3 is 0 Å². The predicted octanol–water partition coefficient (Wildman–Crippen LogP) is 4.86. The standard InChI is InChI=1S/C26H24N6OS/c1-17(13-14-18-8-3-2-4-9-18)29-26(33)22-23-25(31-21-12-6-5-11-20(21)30-23)32(24(22)27)28-16-19-10-7-15-34-19/h2-12,15-17H,13-14,27H2,1H3,(H,29,33)/b28-16-/t17-/m0/s1. The van der Waals surface area contributed by atoms with Gasteiger partial charge in [-0.1, -0.05) is 48.5 Å². The first kappa shape index (κ1) is 21.8. The molecule has 0 saturated carbocycles. The van der Waals surface area contributed by atoms with Crippen LogP contribution in [0, 0.1) is 0 Å². The van der Waals surface area contributed by atoms with Gasteiger partial charge in [0.2, 0.25) is 0 Å². The summed E-state index contributed by atoms with van der Waals surface area (Å²) in [6.45, 7) is 1.99. The van der Waals surface area contributed by atoms with Crippen LogP contribution in [0.15, 0.2) is 77.2 Å². The Hall–Kier alpha value is -4.04. The van der Waals surface area contributed by atoms with E-state index in [-0.39, 0.29) is 17.8 Å². The van der Waals surface area contributed by atoms with E-state index in [0.717, 1.165) is 17.7 Å². The highest BCUT2D eigenvalue weighted by Gasteiger charge is 2.25. The fourth-order valence-electron chi connectivity index (χ4n) is 3.86. The number of nitrogens with zero attached hydrogens (tertiary/aromatic N) is 4. The van der Waals surface area contributed by atoms with Crippen LogP contribution in [0.5, 0.6) is 0 Å². The van der Waals surface area contributed by atoms with E-state index in [1.54, 1.807) is 17.6 Å². The smallest absolute Gasteiger partial charge is 0.257 e. The van der Waals surface area contributed by atoms with Gasteiger partial charge in [-0.2, -0.15) is 9.78 Å². The summed E-state index contributed by atoms with van der Waals surface area (Å²) < 4.78 is 1.50. The third-order valence-corrected chi connectivity index (χ3v) is 6.44. The topological polar surface area (TPSA) is 98.2 Å². The number of aryl methyl sites for hydroxylation is 1. The maximum absolute atomic E-state index is 13.4. The Labute approximate surface area is 201 Å². The molecule has 0 bridgehead atoms. The SMILES string of the molecule is C[C@@H](CCc1ccccc1)NC(=O)c1c(N)n(/N=C\c2cccs2)c2nc3ccccc3nc12. The molecule has 3 N–H and O–H groups in total. The van der Waals surface area contributed by atoms with E-state index in [2.05, 4.69) is 22.6 Å². The first-order valence-electron chi connectivity index (χ1n) is 11.1. The molecule has 0 unspecified atom stereocenters. The molecule has 3 heterocycles. The summed E-state index contributed by atoms with van der Waals surface area (Å²) in [6, 6.07) is 21.6. The Morgan fingerprint density at radius 3 is 2.56 bits per heavy atom. The molecular formula is C26H24N6OS.